The third-order valence-corrected chi connectivity index (χ3v) is 3.54. The molecule has 1 aliphatic heterocycles. The minimum Gasteiger partial charge on any atom is -0.444 e. The van der Waals surface area contributed by atoms with Gasteiger partial charge >= 0.3 is 6.09 Å². The van der Waals surface area contributed by atoms with Gasteiger partial charge in [0.25, 0.3) is 0 Å². The van der Waals surface area contributed by atoms with Crippen molar-refractivity contribution in [3.8, 4) is 0 Å². The van der Waals surface area contributed by atoms with Crippen LogP contribution in [0.15, 0.2) is 11.7 Å². The van der Waals surface area contributed by atoms with E-state index in [-0.39, 0.29) is 12.1 Å². The molecule has 0 N–H and O–H groups in total. The summed E-state index contributed by atoms with van der Waals surface area (Å²) in [7, 11) is 0. The lowest BCUT2D eigenvalue weighted by molar-refractivity contribution is 0.0227. The van der Waals surface area contributed by atoms with Gasteiger partial charge in [-0.25, -0.2) is 4.79 Å². The molecule has 1 aliphatic rings. The van der Waals surface area contributed by atoms with Gasteiger partial charge in [-0.1, -0.05) is 0 Å². The second-order valence-corrected chi connectivity index (χ2v) is 6.15. The first kappa shape index (κ1) is 12.4. The molecule has 1 unspecified atom stereocenters. The van der Waals surface area contributed by atoms with E-state index in [1.807, 2.05) is 31.9 Å². The molecule has 0 saturated carbocycles. The van der Waals surface area contributed by atoms with Crippen LogP contribution >= 0.6 is 11.3 Å². The maximum absolute atomic E-state index is 12.1. The number of rotatable bonds is 1. The highest BCUT2D eigenvalue weighted by atomic mass is 32.1. The van der Waals surface area contributed by atoms with Gasteiger partial charge in [0.15, 0.2) is 0 Å². The third kappa shape index (κ3) is 2.97. The van der Waals surface area contributed by atoms with Gasteiger partial charge < -0.3 is 9.64 Å². The first-order valence-corrected chi connectivity index (χ1v) is 6.73. The van der Waals surface area contributed by atoms with E-state index in [1.165, 1.54) is 0 Å². The number of aromatic nitrogens is 1. The lowest BCUT2D eigenvalue weighted by atomic mass is 10.2. The summed E-state index contributed by atoms with van der Waals surface area (Å²) in [4.78, 5) is 19.1. The Morgan fingerprint density at radius 1 is 1.59 bits per heavy atom. The maximum atomic E-state index is 12.1. The largest absolute Gasteiger partial charge is 0.444 e. The van der Waals surface area contributed by atoms with Crippen LogP contribution in [0.1, 0.15) is 44.5 Å². The number of hydrogen-bond donors (Lipinski definition) is 0. The van der Waals surface area contributed by atoms with Crippen LogP contribution in [0.2, 0.25) is 0 Å². The molecule has 2 rings (SSSR count). The van der Waals surface area contributed by atoms with Crippen LogP contribution < -0.4 is 0 Å². The van der Waals surface area contributed by atoms with E-state index in [0.29, 0.717) is 0 Å². The molecule has 2 heterocycles. The van der Waals surface area contributed by atoms with Crippen molar-refractivity contribution in [2.24, 2.45) is 0 Å². The highest BCUT2D eigenvalue weighted by molar-refractivity contribution is 7.09. The van der Waals surface area contributed by atoms with E-state index in [2.05, 4.69) is 4.98 Å². The Balaban J connectivity index is 2.07. The molecule has 1 atom stereocenters. The van der Waals surface area contributed by atoms with Crippen molar-refractivity contribution in [2.45, 2.75) is 45.3 Å². The molecule has 0 aliphatic carbocycles. The first-order chi connectivity index (χ1) is 7.97. The summed E-state index contributed by atoms with van der Waals surface area (Å²) < 4.78 is 5.42. The number of likely N-dealkylation sites (tertiary alicyclic amines) is 1. The lowest BCUT2D eigenvalue weighted by Crippen LogP contribution is -2.36. The van der Waals surface area contributed by atoms with Crippen molar-refractivity contribution in [3.63, 3.8) is 0 Å². The van der Waals surface area contributed by atoms with Gasteiger partial charge in [0.1, 0.15) is 5.60 Å². The van der Waals surface area contributed by atoms with Gasteiger partial charge in [0.05, 0.1) is 11.6 Å². The van der Waals surface area contributed by atoms with Crippen LogP contribution in [0.25, 0.3) is 0 Å². The minimum atomic E-state index is -0.433. The van der Waals surface area contributed by atoms with E-state index < -0.39 is 5.60 Å². The van der Waals surface area contributed by atoms with Gasteiger partial charge in [-0.2, -0.15) is 0 Å². The van der Waals surface area contributed by atoms with Crippen LogP contribution in [0, 0.1) is 0 Å². The average molecular weight is 254 g/mol. The zero-order valence-corrected chi connectivity index (χ0v) is 11.3. The van der Waals surface area contributed by atoms with Gasteiger partial charge in [-0.05, 0) is 33.6 Å². The molecule has 1 fully saturated rings. The number of amides is 1. The Kier molecular flexibility index (Phi) is 3.38. The SMILES string of the molecule is CC(C)(C)OC(=O)N1CCCC1c1cncs1. The summed E-state index contributed by atoms with van der Waals surface area (Å²) in [5.41, 5.74) is 1.37. The predicted molar refractivity (Wildman–Crippen MR) is 67.0 cm³/mol. The fraction of sp³-hybridized carbons (Fsp3) is 0.667. The number of hydrogen-bond acceptors (Lipinski definition) is 4. The molecule has 5 heteroatoms. The van der Waals surface area contributed by atoms with Crippen LogP contribution in [0.3, 0.4) is 0 Å². The fourth-order valence-electron chi connectivity index (χ4n) is 1.99. The standard InChI is InChI=1S/C12H18N2O2S/c1-12(2,3)16-11(15)14-6-4-5-9(14)10-7-13-8-17-10/h7-9H,4-6H2,1-3H3. The van der Waals surface area contributed by atoms with E-state index >= 15 is 0 Å². The van der Waals surface area contributed by atoms with Crippen LogP contribution in [0.5, 0.6) is 0 Å². The Hall–Kier alpha value is -1.10. The van der Waals surface area contributed by atoms with Crippen molar-refractivity contribution < 1.29 is 9.53 Å². The summed E-state index contributed by atoms with van der Waals surface area (Å²) >= 11 is 1.60. The third-order valence-electron chi connectivity index (χ3n) is 2.66. The molecule has 0 spiro atoms. The molecule has 1 amide bonds. The van der Waals surface area contributed by atoms with Crippen LogP contribution in [0.4, 0.5) is 4.79 Å². The fourth-order valence-corrected chi connectivity index (χ4v) is 2.76. The van der Waals surface area contributed by atoms with Crippen molar-refractivity contribution in [1.29, 1.82) is 0 Å². The number of carbonyl (C=O) groups is 1. The normalized spacial score (nSPS) is 20.6. The summed E-state index contributed by atoms with van der Waals surface area (Å²) in [5.74, 6) is 0. The van der Waals surface area contributed by atoms with Crippen molar-refractivity contribution in [3.05, 3.63) is 16.6 Å². The highest BCUT2D eigenvalue weighted by Gasteiger charge is 2.33. The maximum Gasteiger partial charge on any atom is 0.410 e. The first-order valence-electron chi connectivity index (χ1n) is 5.85. The van der Waals surface area contributed by atoms with Gasteiger partial charge in [-0.3, -0.25) is 4.98 Å². The Bertz CT molecular complexity index is 384. The summed E-state index contributed by atoms with van der Waals surface area (Å²) in [5, 5.41) is 0. The van der Waals surface area contributed by atoms with Gasteiger partial charge in [-0.15, -0.1) is 11.3 Å². The van der Waals surface area contributed by atoms with E-state index in [1.54, 1.807) is 16.8 Å². The number of nitrogens with zero attached hydrogens (tertiary/aromatic N) is 2. The lowest BCUT2D eigenvalue weighted by Gasteiger charge is -2.27. The molecular formula is C12H18N2O2S. The monoisotopic (exact) mass is 254 g/mol. The molecule has 0 radical (unpaired) electrons. The Labute approximate surface area is 106 Å². The number of carbonyl (C=O) groups excluding carboxylic acids is 1. The highest BCUT2D eigenvalue weighted by Crippen LogP contribution is 2.34. The summed E-state index contributed by atoms with van der Waals surface area (Å²) in [6.45, 7) is 6.45. The Morgan fingerprint density at radius 3 is 2.94 bits per heavy atom. The van der Waals surface area contributed by atoms with Crippen molar-refractivity contribution in [2.75, 3.05) is 6.54 Å². The summed E-state index contributed by atoms with van der Waals surface area (Å²) in [6.07, 6.45) is 3.66. The predicted octanol–water partition coefficient (Wildman–Crippen LogP) is 3.22. The molecule has 1 aromatic rings. The van der Waals surface area contributed by atoms with Crippen molar-refractivity contribution >= 4 is 17.4 Å². The van der Waals surface area contributed by atoms with Crippen molar-refractivity contribution in [1.82, 2.24) is 9.88 Å². The van der Waals surface area contributed by atoms with Gasteiger partial charge in [0.2, 0.25) is 0 Å². The van der Waals surface area contributed by atoms with E-state index in [0.717, 1.165) is 24.3 Å². The van der Waals surface area contributed by atoms with Crippen LogP contribution in [-0.2, 0) is 4.74 Å². The topological polar surface area (TPSA) is 42.4 Å². The molecule has 0 bridgehead atoms. The second kappa shape index (κ2) is 4.64. The zero-order valence-electron chi connectivity index (χ0n) is 10.5. The van der Waals surface area contributed by atoms with E-state index in [4.69, 9.17) is 4.74 Å². The average Bonchev–Trinajstić information content (AvgIpc) is 2.85. The molecule has 94 valence electrons. The zero-order chi connectivity index (χ0) is 12.5. The minimum absolute atomic E-state index is 0.150. The molecule has 4 nitrogen and oxygen atoms in total. The van der Waals surface area contributed by atoms with E-state index in [9.17, 15) is 4.79 Å². The molecule has 1 aromatic heterocycles. The smallest absolute Gasteiger partial charge is 0.410 e. The molecule has 0 aromatic carbocycles. The molecule has 17 heavy (non-hydrogen) atoms. The number of ether oxygens (including phenoxy) is 1. The number of thiazole rings is 1. The van der Waals surface area contributed by atoms with Crippen LogP contribution in [-0.4, -0.2) is 28.1 Å². The quantitative estimate of drug-likeness (QED) is 0.772. The van der Waals surface area contributed by atoms with Gasteiger partial charge in [0, 0.05) is 17.6 Å². The Morgan fingerprint density at radius 2 is 2.35 bits per heavy atom. The summed E-state index contributed by atoms with van der Waals surface area (Å²) in [6, 6.07) is 0.150. The molecule has 1 saturated heterocycles. The molecular weight excluding hydrogens is 236 g/mol. The second-order valence-electron chi connectivity index (χ2n) is 5.24.